The standard InChI is InChI=1S/C19H23N5O3S/c1-14-11-16(3-4-18(14)27-2)28(25,26)23-13-15-5-9-24(10-6-15)19-17(12-20)21-7-8-22-19/h3-4,7-8,11,15,23H,5-6,9-10,13H2,1-2H3. The number of hydrogen-bond acceptors (Lipinski definition) is 7. The second kappa shape index (κ2) is 8.54. The molecule has 0 atom stereocenters. The molecule has 9 heteroatoms. The first kappa shape index (κ1) is 20.0. The predicted octanol–water partition coefficient (Wildman–Crippen LogP) is 1.86. The molecule has 1 aromatic heterocycles. The van der Waals surface area contributed by atoms with E-state index in [1.807, 2.05) is 11.8 Å². The molecule has 0 unspecified atom stereocenters. The highest BCUT2D eigenvalue weighted by molar-refractivity contribution is 7.89. The maximum atomic E-state index is 12.6. The van der Waals surface area contributed by atoms with Gasteiger partial charge in [0.15, 0.2) is 11.5 Å². The summed E-state index contributed by atoms with van der Waals surface area (Å²) >= 11 is 0. The molecule has 0 radical (unpaired) electrons. The van der Waals surface area contributed by atoms with Crippen LogP contribution in [0.3, 0.4) is 0 Å². The lowest BCUT2D eigenvalue weighted by atomic mass is 9.97. The van der Waals surface area contributed by atoms with Crippen molar-refractivity contribution in [1.82, 2.24) is 14.7 Å². The third-order valence-electron chi connectivity index (χ3n) is 4.94. The fourth-order valence-corrected chi connectivity index (χ4v) is 4.52. The van der Waals surface area contributed by atoms with Gasteiger partial charge in [0.1, 0.15) is 11.8 Å². The molecule has 0 spiro atoms. The van der Waals surface area contributed by atoms with E-state index in [9.17, 15) is 13.7 Å². The van der Waals surface area contributed by atoms with Crippen molar-refractivity contribution in [2.24, 2.45) is 5.92 Å². The second-order valence-corrected chi connectivity index (χ2v) is 8.52. The number of aryl methyl sites for hydroxylation is 1. The van der Waals surface area contributed by atoms with Crippen LogP contribution < -0.4 is 14.4 Å². The fourth-order valence-electron chi connectivity index (χ4n) is 3.32. The van der Waals surface area contributed by atoms with Gasteiger partial charge in [-0.05, 0) is 49.4 Å². The lowest BCUT2D eigenvalue weighted by Gasteiger charge is -2.32. The zero-order valence-electron chi connectivity index (χ0n) is 15.9. The van der Waals surface area contributed by atoms with Crippen LogP contribution >= 0.6 is 0 Å². The molecule has 1 N–H and O–H groups in total. The van der Waals surface area contributed by atoms with Crippen LogP contribution in [-0.2, 0) is 10.0 Å². The molecule has 0 amide bonds. The molecule has 0 bridgehead atoms. The number of rotatable bonds is 6. The van der Waals surface area contributed by atoms with E-state index in [0.29, 0.717) is 36.9 Å². The van der Waals surface area contributed by atoms with Crippen molar-refractivity contribution in [2.75, 3.05) is 31.6 Å². The SMILES string of the molecule is COc1ccc(S(=O)(=O)NCC2CCN(c3nccnc3C#N)CC2)cc1C. The van der Waals surface area contributed by atoms with E-state index in [1.54, 1.807) is 31.5 Å². The molecule has 8 nitrogen and oxygen atoms in total. The average molecular weight is 401 g/mol. The van der Waals surface area contributed by atoms with Gasteiger partial charge >= 0.3 is 0 Å². The zero-order chi connectivity index (χ0) is 20.1. The summed E-state index contributed by atoms with van der Waals surface area (Å²) in [5.41, 5.74) is 1.09. The van der Waals surface area contributed by atoms with Gasteiger partial charge in [-0.25, -0.2) is 23.1 Å². The van der Waals surface area contributed by atoms with Crippen LogP contribution in [0.25, 0.3) is 0 Å². The molecule has 1 saturated heterocycles. The first-order chi connectivity index (χ1) is 13.4. The second-order valence-electron chi connectivity index (χ2n) is 6.75. The topological polar surface area (TPSA) is 108 Å². The van der Waals surface area contributed by atoms with E-state index >= 15 is 0 Å². The summed E-state index contributed by atoms with van der Waals surface area (Å²) in [7, 11) is -2.01. The van der Waals surface area contributed by atoms with Crippen molar-refractivity contribution in [2.45, 2.75) is 24.7 Å². The van der Waals surface area contributed by atoms with Crippen molar-refractivity contribution in [3.8, 4) is 11.8 Å². The Labute approximate surface area is 165 Å². The summed E-state index contributed by atoms with van der Waals surface area (Å²) in [5, 5.41) is 9.17. The quantitative estimate of drug-likeness (QED) is 0.787. The van der Waals surface area contributed by atoms with Crippen LogP contribution in [0.2, 0.25) is 0 Å². The molecule has 0 saturated carbocycles. The first-order valence-electron chi connectivity index (χ1n) is 9.05. The van der Waals surface area contributed by atoms with Crippen LogP contribution in [0.1, 0.15) is 24.1 Å². The van der Waals surface area contributed by atoms with Crippen molar-refractivity contribution in [1.29, 1.82) is 5.26 Å². The van der Waals surface area contributed by atoms with Crippen molar-refractivity contribution in [3.63, 3.8) is 0 Å². The van der Waals surface area contributed by atoms with E-state index in [-0.39, 0.29) is 10.8 Å². The number of ether oxygens (including phenoxy) is 1. The van der Waals surface area contributed by atoms with Crippen molar-refractivity contribution in [3.05, 3.63) is 41.9 Å². The molecule has 1 fully saturated rings. The Morgan fingerprint density at radius 2 is 2.00 bits per heavy atom. The molecule has 0 aliphatic carbocycles. The summed E-state index contributed by atoms with van der Waals surface area (Å²) in [6, 6.07) is 6.89. The normalized spacial score (nSPS) is 15.2. The Morgan fingerprint density at radius 1 is 1.29 bits per heavy atom. The van der Waals surface area contributed by atoms with Crippen LogP contribution in [0.4, 0.5) is 5.82 Å². The number of benzene rings is 1. The number of nitriles is 1. The Balaban J connectivity index is 1.58. The van der Waals surface area contributed by atoms with Gasteiger partial charge in [-0.2, -0.15) is 5.26 Å². The number of methoxy groups -OCH3 is 1. The van der Waals surface area contributed by atoms with Crippen LogP contribution in [0.5, 0.6) is 5.75 Å². The minimum absolute atomic E-state index is 0.229. The minimum atomic E-state index is -3.57. The molecular weight excluding hydrogens is 378 g/mol. The highest BCUT2D eigenvalue weighted by Gasteiger charge is 2.24. The third kappa shape index (κ3) is 4.40. The van der Waals surface area contributed by atoms with Gasteiger partial charge in [-0.1, -0.05) is 0 Å². The zero-order valence-corrected chi connectivity index (χ0v) is 16.7. The summed E-state index contributed by atoms with van der Waals surface area (Å²) in [4.78, 5) is 10.6. The van der Waals surface area contributed by atoms with Crippen LogP contribution in [0, 0.1) is 24.2 Å². The number of sulfonamides is 1. The number of hydrogen-bond donors (Lipinski definition) is 1. The maximum absolute atomic E-state index is 12.6. The van der Waals surface area contributed by atoms with Crippen molar-refractivity contribution < 1.29 is 13.2 Å². The summed E-state index contributed by atoms with van der Waals surface area (Å²) in [5.74, 6) is 1.48. The first-order valence-corrected chi connectivity index (χ1v) is 10.5. The number of anilines is 1. The predicted molar refractivity (Wildman–Crippen MR) is 105 cm³/mol. The Bertz CT molecular complexity index is 979. The van der Waals surface area contributed by atoms with Crippen LogP contribution in [0.15, 0.2) is 35.5 Å². The lowest BCUT2D eigenvalue weighted by Crippen LogP contribution is -2.39. The Morgan fingerprint density at radius 3 is 2.64 bits per heavy atom. The fraction of sp³-hybridized carbons (Fsp3) is 0.421. The molecule has 1 aromatic carbocycles. The van der Waals surface area contributed by atoms with Gasteiger partial charge < -0.3 is 9.64 Å². The largest absolute Gasteiger partial charge is 0.496 e. The number of nitrogens with zero attached hydrogens (tertiary/aromatic N) is 4. The van der Waals surface area contributed by atoms with Crippen LogP contribution in [-0.4, -0.2) is 45.1 Å². The Kier molecular flexibility index (Phi) is 6.11. The van der Waals surface area contributed by atoms with Gasteiger partial charge in [-0.15, -0.1) is 0 Å². The number of piperidine rings is 1. The molecular formula is C19H23N5O3S. The van der Waals surface area contributed by atoms with E-state index in [4.69, 9.17) is 4.74 Å². The summed E-state index contributed by atoms with van der Waals surface area (Å²) in [6.45, 7) is 3.62. The summed E-state index contributed by atoms with van der Waals surface area (Å²) < 4.78 is 33.1. The van der Waals surface area contributed by atoms with Gasteiger partial charge in [0.05, 0.1) is 12.0 Å². The Hall–Kier alpha value is -2.70. The van der Waals surface area contributed by atoms with Gasteiger partial charge in [0, 0.05) is 32.0 Å². The van der Waals surface area contributed by atoms with E-state index in [1.165, 1.54) is 6.20 Å². The van der Waals surface area contributed by atoms with E-state index in [0.717, 1.165) is 18.4 Å². The monoisotopic (exact) mass is 401 g/mol. The molecule has 1 aliphatic rings. The molecule has 148 valence electrons. The lowest BCUT2D eigenvalue weighted by molar-refractivity contribution is 0.400. The molecule has 3 rings (SSSR count). The van der Waals surface area contributed by atoms with E-state index < -0.39 is 10.0 Å². The highest BCUT2D eigenvalue weighted by atomic mass is 32.2. The van der Waals surface area contributed by atoms with Gasteiger partial charge in [0.2, 0.25) is 10.0 Å². The molecule has 1 aliphatic heterocycles. The highest BCUT2D eigenvalue weighted by Crippen LogP contribution is 2.24. The molecule has 28 heavy (non-hydrogen) atoms. The molecule has 2 heterocycles. The maximum Gasteiger partial charge on any atom is 0.240 e. The average Bonchev–Trinajstić information content (AvgIpc) is 2.72. The van der Waals surface area contributed by atoms with Gasteiger partial charge in [0.25, 0.3) is 0 Å². The van der Waals surface area contributed by atoms with E-state index in [2.05, 4.69) is 20.8 Å². The van der Waals surface area contributed by atoms with Gasteiger partial charge in [-0.3, -0.25) is 0 Å². The number of aromatic nitrogens is 2. The van der Waals surface area contributed by atoms with Crippen molar-refractivity contribution >= 4 is 15.8 Å². The smallest absolute Gasteiger partial charge is 0.240 e. The number of nitrogens with one attached hydrogen (secondary N) is 1. The summed E-state index contributed by atoms with van der Waals surface area (Å²) in [6.07, 6.45) is 4.70. The minimum Gasteiger partial charge on any atom is -0.496 e. The third-order valence-corrected chi connectivity index (χ3v) is 6.36. The molecule has 2 aromatic rings.